The maximum atomic E-state index is 13.4. The first-order valence-electron chi connectivity index (χ1n) is 10.0. The predicted molar refractivity (Wildman–Crippen MR) is 109 cm³/mol. The molecule has 1 aliphatic rings. The van der Waals surface area contributed by atoms with E-state index in [1.54, 1.807) is 6.92 Å². The smallest absolute Gasteiger partial charge is 0.342 e. The molecular formula is C18H37N4O5P. The molecule has 1 aliphatic heterocycles. The minimum Gasteiger partial charge on any atom is -0.357 e. The van der Waals surface area contributed by atoms with E-state index >= 15 is 0 Å². The van der Waals surface area contributed by atoms with Crippen LogP contribution in [0.1, 0.15) is 52.9 Å². The van der Waals surface area contributed by atoms with Crippen molar-refractivity contribution in [2.24, 2.45) is 17.6 Å². The second-order valence-electron chi connectivity index (χ2n) is 8.17. The topological polar surface area (TPSA) is 154 Å². The highest BCUT2D eigenvalue weighted by Gasteiger charge is 2.47. The van der Waals surface area contributed by atoms with Gasteiger partial charge in [0, 0.05) is 7.05 Å². The number of piperidine rings is 1. The van der Waals surface area contributed by atoms with Crippen molar-refractivity contribution in [3.63, 3.8) is 0 Å². The molecule has 1 heterocycles. The number of carbonyl (C=O) groups excluding carboxylic acids is 2. The van der Waals surface area contributed by atoms with Gasteiger partial charge in [0.2, 0.25) is 5.91 Å². The minimum absolute atomic E-state index is 0.0727. The molecule has 0 unspecified atom stereocenters. The van der Waals surface area contributed by atoms with Gasteiger partial charge in [-0.05, 0) is 57.0 Å². The third kappa shape index (κ3) is 6.90. The zero-order chi connectivity index (χ0) is 21.5. The van der Waals surface area contributed by atoms with Crippen LogP contribution in [0.25, 0.3) is 0 Å². The van der Waals surface area contributed by atoms with Gasteiger partial charge in [-0.25, -0.2) is 0 Å². The number of nitrogens with one attached hydrogen (secondary N) is 3. The minimum atomic E-state index is -4.44. The highest BCUT2D eigenvalue weighted by molar-refractivity contribution is 7.52. The van der Waals surface area contributed by atoms with Crippen LogP contribution in [0.2, 0.25) is 0 Å². The standard InChI is InChI=1S/C18H37N4O5P/c1-5-15(28(25,26)27)22-14(10-12(2)3)16(23)18(19,17(24)20-4)11-13-6-8-21-9-7-13/h12-15,21-22H,5-11,19H2,1-4H3,(H,20,24)(H2,25,26,27)/t14-,15+,18-/m0/s1. The molecule has 1 amide bonds. The summed E-state index contributed by atoms with van der Waals surface area (Å²) in [6.45, 7) is 7.08. The molecule has 0 aromatic carbocycles. The summed E-state index contributed by atoms with van der Waals surface area (Å²) in [5.41, 5.74) is 4.67. The Morgan fingerprint density at radius 2 is 1.86 bits per heavy atom. The van der Waals surface area contributed by atoms with E-state index in [4.69, 9.17) is 5.73 Å². The zero-order valence-electron chi connectivity index (χ0n) is 17.4. The number of Topliss-reactive ketones (excluding diaryl/α,β-unsaturated/α-hetero) is 1. The lowest BCUT2D eigenvalue weighted by Gasteiger charge is -2.36. The molecular weight excluding hydrogens is 383 g/mol. The molecule has 164 valence electrons. The van der Waals surface area contributed by atoms with E-state index in [0.717, 1.165) is 25.9 Å². The maximum absolute atomic E-state index is 13.4. The zero-order valence-corrected chi connectivity index (χ0v) is 18.3. The Labute approximate surface area is 167 Å². The van der Waals surface area contributed by atoms with Crippen LogP contribution < -0.4 is 21.7 Å². The molecule has 1 rings (SSSR count). The molecule has 28 heavy (non-hydrogen) atoms. The first kappa shape index (κ1) is 25.2. The Morgan fingerprint density at radius 1 is 1.29 bits per heavy atom. The molecule has 3 atom stereocenters. The second-order valence-corrected chi connectivity index (χ2v) is 9.98. The molecule has 0 radical (unpaired) electrons. The Kier molecular flexibility index (Phi) is 9.73. The van der Waals surface area contributed by atoms with Crippen molar-refractivity contribution in [2.45, 2.75) is 70.2 Å². The third-order valence-electron chi connectivity index (χ3n) is 5.35. The molecule has 10 heteroatoms. The summed E-state index contributed by atoms with van der Waals surface area (Å²) >= 11 is 0. The van der Waals surface area contributed by atoms with Crippen molar-refractivity contribution >= 4 is 19.3 Å². The fourth-order valence-corrected chi connectivity index (χ4v) is 4.64. The summed E-state index contributed by atoms with van der Waals surface area (Å²) < 4.78 is 11.8. The van der Waals surface area contributed by atoms with Crippen molar-refractivity contribution < 1.29 is 23.9 Å². The van der Waals surface area contributed by atoms with Crippen molar-refractivity contribution in [2.75, 3.05) is 20.1 Å². The van der Waals surface area contributed by atoms with Crippen LogP contribution in [0.15, 0.2) is 0 Å². The van der Waals surface area contributed by atoms with Crippen LogP contribution in [-0.4, -0.2) is 59.0 Å². The number of ketones is 1. The molecule has 0 aliphatic carbocycles. The number of likely N-dealkylation sites (N-methyl/N-ethyl adjacent to an activating group) is 1. The quantitative estimate of drug-likeness (QED) is 0.206. The van der Waals surface area contributed by atoms with E-state index in [9.17, 15) is 23.9 Å². The lowest BCUT2D eigenvalue weighted by atomic mass is 9.77. The summed E-state index contributed by atoms with van der Waals surface area (Å²) in [5, 5.41) is 8.56. The number of hydrogen-bond acceptors (Lipinski definition) is 6. The molecule has 0 aromatic heterocycles. The fraction of sp³-hybridized carbons (Fsp3) is 0.889. The van der Waals surface area contributed by atoms with Gasteiger partial charge in [-0.1, -0.05) is 20.8 Å². The van der Waals surface area contributed by atoms with Gasteiger partial charge < -0.3 is 26.2 Å². The van der Waals surface area contributed by atoms with E-state index < -0.39 is 36.6 Å². The summed E-state index contributed by atoms with van der Waals surface area (Å²) in [6.07, 6.45) is 2.35. The Hall–Kier alpha value is -0.830. The Balaban J connectivity index is 3.16. The lowest BCUT2D eigenvalue weighted by molar-refractivity contribution is -0.138. The van der Waals surface area contributed by atoms with Crippen LogP contribution in [0.4, 0.5) is 0 Å². The second kappa shape index (κ2) is 10.8. The SMILES string of the molecule is CC[C@H](N[C@@H](CC(C)C)C(=O)[C@@](N)(CC1CCNCC1)C(=O)NC)P(=O)(O)O. The van der Waals surface area contributed by atoms with Crippen LogP contribution in [0.5, 0.6) is 0 Å². The van der Waals surface area contributed by atoms with E-state index in [0.29, 0.717) is 6.42 Å². The Morgan fingerprint density at radius 3 is 2.29 bits per heavy atom. The van der Waals surface area contributed by atoms with Crippen molar-refractivity contribution in [1.29, 1.82) is 0 Å². The van der Waals surface area contributed by atoms with Crippen LogP contribution in [0.3, 0.4) is 0 Å². The van der Waals surface area contributed by atoms with Gasteiger partial charge in [-0.2, -0.15) is 0 Å². The fourth-order valence-electron chi connectivity index (χ4n) is 3.79. The van der Waals surface area contributed by atoms with Gasteiger partial charge >= 0.3 is 7.60 Å². The van der Waals surface area contributed by atoms with Crippen LogP contribution in [-0.2, 0) is 14.2 Å². The highest BCUT2D eigenvalue weighted by atomic mass is 31.2. The summed E-state index contributed by atoms with van der Waals surface area (Å²) in [7, 11) is -3.00. The van der Waals surface area contributed by atoms with Gasteiger partial charge in [-0.3, -0.25) is 19.5 Å². The maximum Gasteiger partial charge on any atom is 0.342 e. The van der Waals surface area contributed by atoms with Gasteiger partial charge in [0.05, 0.1) is 6.04 Å². The third-order valence-corrected chi connectivity index (χ3v) is 6.68. The van der Waals surface area contributed by atoms with Crippen LogP contribution in [0, 0.1) is 11.8 Å². The molecule has 0 spiro atoms. The van der Waals surface area contributed by atoms with E-state index in [-0.39, 0.29) is 24.7 Å². The molecule has 1 saturated heterocycles. The summed E-state index contributed by atoms with van der Waals surface area (Å²) in [4.78, 5) is 45.2. The molecule has 0 aromatic rings. The predicted octanol–water partition coefficient (Wildman–Crippen LogP) is 0.307. The number of carbonyl (C=O) groups is 2. The molecule has 1 fully saturated rings. The van der Waals surface area contributed by atoms with Gasteiger partial charge in [0.25, 0.3) is 0 Å². The number of rotatable bonds is 11. The van der Waals surface area contributed by atoms with Gasteiger partial charge in [-0.15, -0.1) is 0 Å². The molecule has 9 nitrogen and oxygen atoms in total. The van der Waals surface area contributed by atoms with E-state index in [2.05, 4.69) is 16.0 Å². The monoisotopic (exact) mass is 420 g/mol. The number of amides is 1. The van der Waals surface area contributed by atoms with Crippen molar-refractivity contribution in [3.8, 4) is 0 Å². The first-order valence-corrected chi connectivity index (χ1v) is 11.7. The molecule has 0 saturated carbocycles. The van der Waals surface area contributed by atoms with Crippen molar-refractivity contribution in [1.82, 2.24) is 16.0 Å². The van der Waals surface area contributed by atoms with E-state index in [1.807, 2.05) is 13.8 Å². The number of nitrogens with two attached hydrogens (primary N) is 1. The lowest BCUT2D eigenvalue weighted by Crippen LogP contribution is -2.65. The summed E-state index contributed by atoms with van der Waals surface area (Å²) in [6, 6.07) is -0.915. The Bertz CT molecular complexity index is 576. The number of hydrogen-bond donors (Lipinski definition) is 6. The normalized spacial score (nSPS) is 20.4. The first-order chi connectivity index (χ1) is 13.0. The van der Waals surface area contributed by atoms with E-state index in [1.165, 1.54) is 7.05 Å². The average molecular weight is 420 g/mol. The van der Waals surface area contributed by atoms with Crippen molar-refractivity contribution in [3.05, 3.63) is 0 Å². The van der Waals surface area contributed by atoms with Gasteiger partial charge in [0.15, 0.2) is 11.3 Å². The highest BCUT2D eigenvalue weighted by Crippen LogP contribution is 2.41. The average Bonchev–Trinajstić information content (AvgIpc) is 2.63. The van der Waals surface area contributed by atoms with Crippen LogP contribution >= 0.6 is 7.60 Å². The van der Waals surface area contributed by atoms with Gasteiger partial charge in [0.1, 0.15) is 5.78 Å². The molecule has 0 bridgehead atoms. The largest absolute Gasteiger partial charge is 0.357 e. The summed E-state index contributed by atoms with van der Waals surface area (Å²) in [5.74, 6) is -2.02. The molecule has 7 N–H and O–H groups in total.